The average Bonchev–Trinajstić information content (AvgIpc) is 2.83. The van der Waals surface area contributed by atoms with Crippen molar-refractivity contribution in [3.8, 4) is 0 Å². The number of halogens is 2. The minimum atomic E-state index is -0.141. The first-order valence-electron chi connectivity index (χ1n) is 7.40. The number of nitrogens with two attached hydrogens (primary N) is 1. The molecule has 1 saturated heterocycles. The first-order chi connectivity index (χ1) is 9.15. The van der Waals surface area contributed by atoms with Crippen LogP contribution >= 0.6 is 12.4 Å². The molecule has 4 atom stereocenters. The number of nitrogens with zero attached hydrogens (tertiary/aromatic N) is 1. The van der Waals surface area contributed by atoms with Gasteiger partial charge in [-0.3, -0.25) is 4.90 Å². The molecule has 1 aromatic rings. The van der Waals surface area contributed by atoms with Crippen LogP contribution in [0.2, 0.25) is 0 Å². The highest BCUT2D eigenvalue weighted by Crippen LogP contribution is 2.38. The standard InChI is InChI=1S/C16H23FN2.ClH/c1-11(12-4-2-6-14(17)8-12)19-9-13-5-3-7-16(18)15(13)10-19;/h2,4,6,8,11,13,15-16H,3,5,7,9-10,18H2,1H3;1H. The first kappa shape index (κ1) is 15.7. The molecule has 0 aromatic heterocycles. The molecule has 2 fully saturated rings. The molecule has 0 amide bonds. The maximum absolute atomic E-state index is 13.3. The van der Waals surface area contributed by atoms with Crippen molar-refractivity contribution in [1.82, 2.24) is 4.90 Å². The molecular formula is C16H24ClFN2. The largest absolute Gasteiger partial charge is 0.327 e. The van der Waals surface area contributed by atoms with E-state index in [4.69, 9.17) is 5.73 Å². The third-order valence-electron chi connectivity index (χ3n) is 5.06. The highest BCUT2D eigenvalue weighted by Gasteiger charge is 2.40. The van der Waals surface area contributed by atoms with Gasteiger partial charge in [-0.1, -0.05) is 18.6 Å². The first-order valence-corrected chi connectivity index (χ1v) is 7.40. The van der Waals surface area contributed by atoms with Gasteiger partial charge in [0, 0.05) is 25.2 Å². The summed E-state index contributed by atoms with van der Waals surface area (Å²) in [5.74, 6) is 1.25. The molecule has 0 bridgehead atoms. The lowest BCUT2D eigenvalue weighted by atomic mass is 9.78. The molecule has 20 heavy (non-hydrogen) atoms. The summed E-state index contributed by atoms with van der Waals surface area (Å²) in [4.78, 5) is 2.48. The number of likely N-dealkylation sites (tertiary alicyclic amines) is 1. The molecule has 4 heteroatoms. The van der Waals surface area contributed by atoms with E-state index in [1.165, 1.54) is 25.3 Å². The van der Waals surface area contributed by atoms with Gasteiger partial charge in [0.15, 0.2) is 0 Å². The fourth-order valence-electron chi connectivity index (χ4n) is 3.84. The lowest BCUT2D eigenvalue weighted by molar-refractivity contribution is 0.245. The van der Waals surface area contributed by atoms with Crippen LogP contribution in [0.1, 0.15) is 37.8 Å². The molecule has 1 aliphatic heterocycles. The van der Waals surface area contributed by atoms with Crippen molar-refractivity contribution in [1.29, 1.82) is 0 Å². The van der Waals surface area contributed by atoms with Gasteiger partial charge in [-0.05, 0) is 49.3 Å². The van der Waals surface area contributed by atoms with Gasteiger partial charge in [0.2, 0.25) is 0 Å². The minimum Gasteiger partial charge on any atom is -0.327 e. The van der Waals surface area contributed by atoms with Crippen LogP contribution in [-0.2, 0) is 0 Å². The van der Waals surface area contributed by atoms with Crippen LogP contribution in [0.5, 0.6) is 0 Å². The predicted octanol–water partition coefficient (Wildman–Crippen LogP) is 3.37. The lowest BCUT2D eigenvalue weighted by Crippen LogP contribution is -2.38. The van der Waals surface area contributed by atoms with Gasteiger partial charge in [-0.25, -0.2) is 4.39 Å². The average molecular weight is 299 g/mol. The Balaban J connectivity index is 0.00000147. The predicted molar refractivity (Wildman–Crippen MR) is 82.4 cm³/mol. The molecule has 112 valence electrons. The Kier molecular flexibility index (Phi) is 5.05. The number of hydrogen-bond donors (Lipinski definition) is 1. The van der Waals surface area contributed by atoms with Gasteiger partial charge in [0.05, 0.1) is 0 Å². The van der Waals surface area contributed by atoms with Gasteiger partial charge in [-0.15, -0.1) is 12.4 Å². The second-order valence-electron chi connectivity index (χ2n) is 6.20. The van der Waals surface area contributed by atoms with Crippen LogP contribution in [0, 0.1) is 17.7 Å². The van der Waals surface area contributed by atoms with Crippen LogP contribution in [0.25, 0.3) is 0 Å². The van der Waals surface area contributed by atoms with Crippen molar-refractivity contribution < 1.29 is 4.39 Å². The van der Waals surface area contributed by atoms with Crippen molar-refractivity contribution >= 4 is 12.4 Å². The smallest absolute Gasteiger partial charge is 0.123 e. The van der Waals surface area contributed by atoms with E-state index in [9.17, 15) is 4.39 Å². The Labute approximate surface area is 126 Å². The van der Waals surface area contributed by atoms with Crippen molar-refractivity contribution in [2.75, 3.05) is 13.1 Å². The molecule has 2 nitrogen and oxygen atoms in total. The normalized spacial score (nSPS) is 31.4. The molecule has 4 unspecified atom stereocenters. The van der Waals surface area contributed by atoms with E-state index in [2.05, 4.69) is 11.8 Å². The van der Waals surface area contributed by atoms with E-state index in [-0.39, 0.29) is 24.3 Å². The van der Waals surface area contributed by atoms with Gasteiger partial charge >= 0.3 is 0 Å². The molecular weight excluding hydrogens is 275 g/mol. The number of rotatable bonds is 2. The monoisotopic (exact) mass is 298 g/mol. The number of fused-ring (bicyclic) bond motifs is 1. The van der Waals surface area contributed by atoms with E-state index >= 15 is 0 Å². The molecule has 1 aromatic carbocycles. The maximum Gasteiger partial charge on any atom is 0.123 e. The quantitative estimate of drug-likeness (QED) is 0.907. The van der Waals surface area contributed by atoms with Crippen molar-refractivity contribution in [3.63, 3.8) is 0 Å². The highest BCUT2D eigenvalue weighted by molar-refractivity contribution is 5.85. The lowest BCUT2D eigenvalue weighted by Gasteiger charge is -2.30. The zero-order valence-electron chi connectivity index (χ0n) is 12.0. The Morgan fingerprint density at radius 3 is 2.80 bits per heavy atom. The Morgan fingerprint density at radius 1 is 1.30 bits per heavy atom. The molecule has 0 radical (unpaired) electrons. The fraction of sp³-hybridized carbons (Fsp3) is 0.625. The van der Waals surface area contributed by atoms with Gasteiger partial charge < -0.3 is 5.73 Å². The summed E-state index contributed by atoms with van der Waals surface area (Å²) in [6.07, 6.45) is 3.75. The Hall–Kier alpha value is -0.640. The fourth-order valence-corrected chi connectivity index (χ4v) is 3.84. The van der Waals surface area contributed by atoms with E-state index in [0.29, 0.717) is 12.0 Å². The van der Waals surface area contributed by atoms with E-state index in [1.54, 1.807) is 12.1 Å². The zero-order valence-corrected chi connectivity index (χ0v) is 12.8. The van der Waals surface area contributed by atoms with E-state index in [0.717, 1.165) is 24.6 Å². The molecule has 1 aliphatic carbocycles. The van der Waals surface area contributed by atoms with Gasteiger partial charge in [0.1, 0.15) is 5.82 Å². The summed E-state index contributed by atoms with van der Waals surface area (Å²) in [5, 5.41) is 0. The van der Waals surface area contributed by atoms with Crippen LogP contribution in [0.3, 0.4) is 0 Å². The van der Waals surface area contributed by atoms with E-state index in [1.807, 2.05) is 6.07 Å². The second kappa shape index (κ2) is 6.42. The van der Waals surface area contributed by atoms with Crippen molar-refractivity contribution in [3.05, 3.63) is 35.6 Å². The number of hydrogen-bond acceptors (Lipinski definition) is 2. The summed E-state index contributed by atoms with van der Waals surface area (Å²) >= 11 is 0. The second-order valence-corrected chi connectivity index (χ2v) is 6.20. The third-order valence-corrected chi connectivity index (χ3v) is 5.06. The Morgan fingerprint density at radius 2 is 2.10 bits per heavy atom. The van der Waals surface area contributed by atoms with Crippen LogP contribution in [0.4, 0.5) is 4.39 Å². The minimum absolute atomic E-state index is 0. The topological polar surface area (TPSA) is 29.3 Å². The van der Waals surface area contributed by atoms with Crippen molar-refractivity contribution in [2.24, 2.45) is 17.6 Å². The van der Waals surface area contributed by atoms with Gasteiger partial charge in [0.25, 0.3) is 0 Å². The maximum atomic E-state index is 13.3. The molecule has 0 spiro atoms. The molecule has 1 heterocycles. The van der Waals surface area contributed by atoms with E-state index < -0.39 is 0 Å². The summed E-state index contributed by atoms with van der Waals surface area (Å²) in [6.45, 7) is 4.37. The highest BCUT2D eigenvalue weighted by atomic mass is 35.5. The summed E-state index contributed by atoms with van der Waals surface area (Å²) < 4.78 is 13.3. The van der Waals surface area contributed by atoms with Crippen LogP contribution in [-0.4, -0.2) is 24.0 Å². The molecule has 1 saturated carbocycles. The SMILES string of the molecule is CC(c1cccc(F)c1)N1CC2CCCC(N)C2C1.Cl. The van der Waals surface area contributed by atoms with Gasteiger partial charge in [-0.2, -0.15) is 0 Å². The Bertz CT molecular complexity index is 454. The molecule has 2 N–H and O–H groups in total. The van der Waals surface area contributed by atoms with Crippen LogP contribution < -0.4 is 5.73 Å². The summed E-state index contributed by atoms with van der Waals surface area (Å²) in [7, 11) is 0. The third kappa shape index (κ3) is 3.00. The summed E-state index contributed by atoms with van der Waals surface area (Å²) in [5.41, 5.74) is 7.33. The van der Waals surface area contributed by atoms with Crippen LogP contribution in [0.15, 0.2) is 24.3 Å². The molecule has 2 aliphatic rings. The van der Waals surface area contributed by atoms with Crippen molar-refractivity contribution in [2.45, 2.75) is 38.3 Å². The zero-order chi connectivity index (χ0) is 13.4. The molecule has 3 rings (SSSR count). The number of benzene rings is 1. The summed E-state index contributed by atoms with van der Waals surface area (Å²) in [6, 6.07) is 7.64.